The van der Waals surface area contributed by atoms with Crippen LogP contribution in [0.1, 0.15) is 13.3 Å². The number of amides is 3. The van der Waals surface area contributed by atoms with E-state index in [1.807, 2.05) is 0 Å². The van der Waals surface area contributed by atoms with Crippen LogP contribution in [0.3, 0.4) is 0 Å². The number of urea groups is 1. The van der Waals surface area contributed by atoms with Gasteiger partial charge in [-0.15, -0.1) is 0 Å². The van der Waals surface area contributed by atoms with Gasteiger partial charge in [-0.25, -0.2) is 9.59 Å². The Kier molecular flexibility index (Phi) is 4.30. The zero-order valence-electron chi connectivity index (χ0n) is 9.97. The van der Waals surface area contributed by atoms with Crippen molar-refractivity contribution in [3.63, 3.8) is 0 Å². The van der Waals surface area contributed by atoms with Crippen molar-refractivity contribution in [2.75, 3.05) is 26.7 Å². The monoisotopic (exact) mass is 243 g/mol. The SMILES string of the molecule is CC(C(=O)O)N(C)C(=O)N1CCCNC(=O)C1. The number of hydrogen-bond acceptors (Lipinski definition) is 3. The number of rotatable bonds is 2. The number of aliphatic carboxylic acids is 1. The van der Waals surface area contributed by atoms with Gasteiger partial charge in [0.15, 0.2) is 0 Å². The molecular formula is C10H17N3O4. The molecule has 96 valence electrons. The van der Waals surface area contributed by atoms with E-state index < -0.39 is 18.0 Å². The highest BCUT2D eigenvalue weighted by molar-refractivity contribution is 5.86. The van der Waals surface area contributed by atoms with Crippen LogP contribution < -0.4 is 5.32 Å². The third kappa shape index (κ3) is 3.33. The maximum atomic E-state index is 12.0. The van der Waals surface area contributed by atoms with Crippen LogP contribution in [0.15, 0.2) is 0 Å². The average Bonchev–Trinajstić information content (AvgIpc) is 2.50. The fraction of sp³-hybridized carbons (Fsp3) is 0.700. The van der Waals surface area contributed by atoms with E-state index in [0.29, 0.717) is 19.5 Å². The molecular weight excluding hydrogens is 226 g/mol. The number of nitrogens with one attached hydrogen (secondary N) is 1. The summed E-state index contributed by atoms with van der Waals surface area (Å²) >= 11 is 0. The quantitative estimate of drug-likeness (QED) is 0.673. The van der Waals surface area contributed by atoms with E-state index >= 15 is 0 Å². The first-order valence-electron chi connectivity index (χ1n) is 5.44. The molecule has 0 aromatic rings. The topological polar surface area (TPSA) is 89.9 Å². The molecule has 1 aliphatic heterocycles. The summed E-state index contributed by atoms with van der Waals surface area (Å²) in [5.41, 5.74) is 0. The van der Waals surface area contributed by atoms with Crippen molar-refractivity contribution in [2.45, 2.75) is 19.4 Å². The van der Waals surface area contributed by atoms with Gasteiger partial charge in [0.25, 0.3) is 0 Å². The molecule has 0 radical (unpaired) electrons. The molecule has 3 amide bonds. The summed E-state index contributed by atoms with van der Waals surface area (Å²) in [5.74, 6) is -1.28. The summed E-state index contributed by atoms with van der Waals surface area (Å²) in [6.45, 7) is 2.41. The number of hydrogen-bond donors (Lipinski definition) is 2. The minimum absolute atomic E-state index is 0.0183. The van der Waals surface area contributed by atoms with Crippen LogP contribution in [-0.4, -0.2) is 65.5 Å². The molecule has 0 spiro atoms. The van der Waals surface area contributed by atoms with Crippen LogP contribution in [0.4, 0.5) is 4.79 Å². The number of carbonyl (C=O) groups excluding carboxylic acids is 2. The van der Waals surface area contributed by atoms with E-state index in [1.54, 1.807) is 0 Å². The van der Waals surface area contributed by atoms with E-state index in [4.69, 9.17) is 5.11 Å². The van der Waals surface area contributed by atoms with Gasteiger partial charge in [0.05, 0.1) is 0 Å². The molecule has 17 heavy (non-hydrogen) atoms. The van der Waals surface area contributed by atoms with Gasteiger partial charge in [-0.1, -0.05) is 0 Å². The first-order chi connectivity index (χ1) is 7.93. The third-order valence-electron chi connectivity index (χ3n) is 2.77. The molecule has 0 aromatic heterocycles. The maximum Gasteiger partial charge on any atom is 0.326 e. The van der Waals surface area contributed by atoms with Crippen molar-refractivity contribution >= 4 is 17.9 Å². The minimum atomic E-state index is -1.07. The zero-order valence-corrected chi connectivity index (χ0v) is 9.97. The van der Waals surface area contributed by atoms with Gasteiger partial charge in [-0.05, 0) is 13.3 Å². The van der Waals surface area contributed by atoms with E-state index in [2.05, 4.69) is 5.32 Å². The molecule has 1 heterocycles. The Morgan fingerprint density at radius 3 is 2.76 bits per heavy atom. The predicted octanol–water partition coefficient (Wildman–Crippen LogP) is -0.667. The summed E-state index contributed by atoms with van der Waals surface area (Å²) in [6, 6.07) is -1.34. The number of carboxylic acids is 1. The van der Waals surface area contributed by atoms with Crippen molar-refractivity contribution in [2.24, 2.45) is 0 Å². The highest BCUT2D eigenvalue weighted by Crippen LogP contribution is 2.05. The Hall–Kier alpha value is -1.79. The second-order valence-corrected chi connectivity index (χ2v) is 4.03. The Balaban J connectivity index is 2.67. The number of likely N-dealkylation sites (N-methyl/N-ethyl adjacent to an activating group) is 1. The second-order valence-electron chi connectivity index (χ2n) is 4.03. The van der Waals surface area contributed by atoms with Crippen LogP contribution in [-0.2, 0) is 9.59 Å². The number of carbonyl (C=O) groups is 3. The minimum Gasteiger partial charge on any atom is -0.480 e. The predicted molar refractivity (Wildman–Crippen MR) is 59.5 cm³/mol. The molecule has 0 bridgehead atoms. The van der Waals surface area contributed by atoms with Gasteiger partial charge in [-0.2, -0.15) is 0 Å². The van der Waals surface area contributed by atoms with Gasteiger partial charge in [0.2, 0.25) is 5.91 Å². The lowest BCUT2D eigenvalue weighted by atomic mass is 10.3. The van der Waals surface area contributed by atoms with Crippen LogP contribution in [0.5, 0.6) is 0 Å². The standard InChI is InChI=1S/C10H17N3O4/c1-7(9(15)16)12(2)10(17)13-5-3-4-11-8(14)6-13/h7H,3-6H2,1-2H3,(H,11,14)(H,15,16). The zero-order chi connectivity index (χ0) is 13.0. The largest absolute Gasteiger partial charge is 0.480 e. The van der Waals surface area contributed by atoms with Crippen LogP contribution in [0.25, 0.3) is 0 Å². The molecule has 1 rings (SSSR count). The molecule has 0 aromatic carbocycles. The first kappa shape index (κ1) is 13.3. The molecule has 1 fully saturated rings. The highest BCUT2D eigenvalue weighted by Gasteiger charge is 2.27. The lowest BCUT2D eigenvalue weighted by Gasteiger charge is -2.28. The Morgan fingerprint density at radius 2 is 2.18 bits per heavy atom. The highest BCUT2D eigenvalue weighted by atomic mass is 16.4. The van der Waals surface area contributed by atoms with Gasteiger partial charge < -0.3 is 20.2 Å². The fourth-order valence-electron chi connectivity index (χ4n) is 1.52. The molecule has 0 saturated carbocycles. The van der Waals surface area contributed by atoms with E-state index in [9.17, 15) is 14.4 Å². The van der Waals surface area contributed by atoms with Crippen LogP contribution in [0, 0.1) is 0 Å². The molecule has 1 atom stereocenters. The molecule has 0 aliphatic carbocycles. The molecule has 1 aliphatic rings. The van der Waals surface area contributed by atoms with E-state index in [-0.39, 0.29) is 12.5 Å². The average molecular weight is 243 g/mol. The van der Waals surface area contributed by atoms with Crippen molar-refractivity contribution in [1.29, 1.82) is 0 Å². The van der Waals surface area contributed by atoms with Crippen molar-refractivity contribution in [3.05, 3.63) is 0 Å². The van der Waals surface area contributed by atoms with E-state index in [1.165, 1.54) is 18.9 Å². The second kappa shape index (κ2) is 5.51. The summed E-state index contributed by atoms with van der Waals surface area (Å²) < 4.78 is 0. The van der Waals surface area contributed by atoms with Gasteiger partial charge in [0.1, 0.15) is 12.6 Å². The Bertz CT molecular complexity index is 332. The van der Waals surface area contributed by atoms with Crippen molar-refractivity contribution < 1.29 is 19.5 Å². The fourth-order valence-corrected chi connectivity index (χ4v) is 1.52. The normalized spacial score (nSPS) is 18.0. The van der Waals surface area contributed by atoms with E-state index in [0.717, 1.165) is 4.90 Å². The number of carboxylic acid groups (broad SMARTS) is 1. The van der Waals surface area contributed by atoms with Crippen molar-refractivity contribution in [1.82, 2.24) is 15.1 Å². The molecule has 7 nitrogen and oxygen atoms in total. The summed E-state index contributed by atoms with van der Waals surface area (Å²) in [7, 11) is 1.42. The Labute approximate surface area is 99.4 Å². The summed E-state index contributed by atoms with van der Waals surface area (Å²) in [5, 5.41) is 11.5. The molecule has 1 unspecified atom stereocenters. The molecule has 2 N–H and O–H groups in total. The lowest BCUT2D eigenvalue weighted by Crippen LogP contribution is -2.49. The maximum absolute atomic E-state index is 12.0. The summed E-state index contributed by atoms with van der Waals surface area (Å²) in [6.07, 6.45) is 0.673. The van der Waals surface area contributed by atoms with Crippen LogP contribution in [0.2, 0.25) is 0 Å². The third-order valence-corrected chi connectivity index (χ3v) is 2.77. The molecule has 1 saturated heterocycles. The van der Waals surface area contributed by atoms with Crippen LogP contribution >= 0.6 is 0 Å². The Morgan fingerprint density at radius 1 is 1.53 bits per heavy atom. The smallest absolute Gasteiger partial charge is 0.326 e. The lowest BCUT2D eigenvalue weighted by molar-refractivity contribution is -0.141. The van der Waals surface area contributed by atoms with Gasteiger partial charge in [0, 0.05) is 20.1 Å². The number of nitrogens with zero attached hydrogens (tertiary/aromatic N) is 2. The van der Waals surface area contributed by atoms with Gasteiger partial charge in [-0.3, -0.25) is 4.79 Å². The van der Waals surface area contributed by atoms with Gasteiger partial charge >= 0.3 is 12.0 Å². The first-order valence-corrected chi connectivity index (χ1v) is 5.44. The molecule has 7 heteroatoms. The summed E-state index contributed by atoms with van der Waals surface area (Å²) in [4.78, 5) is 36.5. The van der Waals surface area contributed by atoms with Crippen molar-refractivity contribution in [3.8, 4) is 0 Å².